The molecule has 0 aromatic heterocycles. The van der Waals surface area contributed by atoms with Gasteiger partial charge in [0.05, 0.1) is 26.2 Å². The van der Waals surface area contributed by atoms with Gasteiger partial charge in [-0.1, -0.05) is 6.92 Å². The van der Waals surface area contributed by atoms with E-state index in [-0.39, 0.29) is 0 Å². The van der Waals surface area contributed by atoms with E-state index in [1.807, 2.05) is 0 Å². The zero-order valence-electron chi connectivity index (χ0n) is 11.9. The van der Waals surface area contributed by atoms with E-state index in [9.17, 15) is 26.1 Å². The topological polar surface area (TPSA) is 9.23 Å². The Morgan fingerprint density at radius 3 is 1.80 bits per heavy atom. The summed E-state index contributed by atoms with van der Waals surface area (Å²) in [5, 5.41) is 0. The van der Waals surface area contributed by atoms with Crippen molar-refractivity contribution in [3.8, 4) is 0 Å². The molecule has 0 bridgehead atoms. The number of quaternary nitrogens is 1. The first-order valence-electron chi connectivity index (χ1n) is 6.77. The molecule has 0 saturated carbocycles. The highest BCUT2D eigenvalue weighted by atomic mass is 19.4. The van der Waals surface area contributed by atoms with Gasteiger partial charge in [-0.3, -0.25) is 0 Å². The van der Waals surface area contributed by atoms with E-state index in [4.69, 9.17) is 4.74 Å². The number of rotatable bonds is 5. The van der Waals surface area contributed by atoms with Crippen LogP contribution in [0.25, 0.3) is 0 Å². The highest BCUT2D eigenvalue weighted by Crippen LogP contribution is 2.31. The molecule has 0 aliphatic carbocycles. The van der Waals surface area contributed by atoms with Gasteiger partial charge in [0.1, 0.15) is 0 Å². The molecule has 1 rings (SSSR count). The third-order valence-corrected chi connectivity index (χ3v) is 3.27. The number of ether oxygens (including phenoxy) is 1. The third-order valence-electron chi connectivity index (χ3n) is 3.27. The van der Waals surface area contributed by atoms with Crippen molar-refractivity contribution in [1.82, 2.24) is 0 Å². The molecule has 1 saturated heterocycles. The summed E-state index contributed by atoms with van der Waals surface area (Å²) in [7, 11) is 0. The van der Waals surface area contributed by atoms with E-state index < -0.39 is 13.1 Å². The number of halogens is 6. The molecule has 20 heavy (non-hydrogen) atoms. The summed E-state index contributed by atoms with van der Waals surface area (Å²) in [6, 6.07) is 0. The summed E-state index contributed by atoms with van der Waals surface area (Å²) in [4.78, 5) is 0. The van der Waals surface area contributed by atoms with Crippen LogP contribution in [-0.2, 0) is 4.74 Å². The molecule has 0 spiro atoms. The second kappa shape index (κ2) is 8.12. The van der Waals surface area contributed by atoms with Crippen LogP contribution in [0.4, 0.5) is 26.1 Å². The van der Waals surface area contributed by atoms with Crippen LogP contribution in [0.15, 0.2) is 0 Å². The van der Waals surface area contributed by atoms with Gasteiger partial charge in [-0.15, -0.1) is 0 Å². The SMILES string of the molecule is CCCOC[N+]1(CC)CCCC1.F[B-](F)(F)C(F)(F)F. The molecular weight excluding hydrogens is 287 g/mol. The van der Waals surface area contributed by atoms with E-state index in [1.165, 1.54) is 37.0 Å². The Morgan fingerprint density at radius 2 is 1.50 bits per heavy atom. The van der Waals surface area contributed by atoms with Crippen molar-refractivity contribution >= 4 is 6.98 Å². The molecule has 0 radical (unpaired) electrons. The molecular formula is C11H22BF6NO. The number of hydrogen-bond acceptors (Lipinski definition) is 1. The zero-order valence-corrected chi connectivity index (χ0v) is 11.9. The minimum atomic E-state index is -6.65. The first-order chi connectivity index (χ1) is 9.08. The second-order valence-electron chi connectivity index (χ2n) is 4.97. The quantitative estimate of drug-likeness (QED) is 0.323. The van der Waals surface area contributed by atoms with Crippen LogP contribution in [0.5, 0.6) is 0 Å². The van der Waals surface area contributed by atoms with E-state index in [0.29, 0.717) is 0 Å². The molecule has 9 heteroatoms. The molecule has 1 fully saturated rings. The Balaban J connectivity index is 0.000000396. The maximum absolute atomic E-state index is 10.5. The van der Waals surface area contributed by atoms with Crippen LogP contribution in [-0.4, -0.2) is 50.5 Å². The first kappa shape index (κ1) is 19.6. The van der Waals surface area contributed by atoms with Crippen molar-refractivity contribution in [2.45, 2.75) is 39.2 Å². The van der Waals surface area contributed by atoms with Crippen molar-refractivity contribution in [3.63, 3.8) is 0 Å². The van der Waals surface area contributed by atoms with Crippen LogP contribution in [0.1, 0.15) is 33.1 Å². The normalized spacial score (nSPS) is 18.6. The second-order valence-corrected chi connectivity index (χ2v) is 4.97. The van der Waals surface area contributed by atoms with Crippen molar-refractivity contribution in [2.24, 2.45) is 0 Å². The molecule has 2 nitrogen and oxygen atoms in total. The van der Waals surface area contributed by atoms with Crippen LogP contribution < -0.4 is 0 Å². The molecule has 0 aromatic rings. The summed E-state index contributed by atoms with van der Waals surface area (Å²) < 4.78 is 69.7. The lowest BCUT2D eigenvalue weighted by Crippen LogP contribution is -2.46. The highest BCUT2D eigenvalue weighted by Gasteiger charge is 2.53. The van der Waals surface area contributed by atoms with Gasteiger partial charge in [-0.05, 0) is 13.3 Å². The summed E-state index contributed by atoms with van der Waals surface area (Å²) >= 11 is 0. The standard InChI is InChI=1S/C10H22NO.CBF6/c1-3-9-12-10-11(4-2)7-5-6-8-11;3-1(4,5)2(6,7)8/h3-10H2,1-2H3;/q+1;-1. The molecule has 1 aliphatic rings. The van der Waals surface area contributed by atoms with Gasteiger partial charge in [0.2, 0.25) is 0 Å². The van der Waals surface area contributed by atoms with Gasteiger partial charge in [0.15, 0.2) is 6.73 Å². The van der Waals surface area contributed by atoms with E-state index in [2.05, 4.69) is 13.8 Å². The fourth-order valence-corrected chi connectivity index (χ4v) is 1.95. The maximum Gasteiger partial charge on any atom is 0.583 e. The Bertz CT molecular complexity index is 251. The predicted octanol–water partition coefficient (Wildman–Crippen LogP) is 3.94. The molecule has 0 N–H and O–H groups in total. The number of hydrogen-bond donors (Lipinski definition) is 0. The maximum atomic E-state index is 10.5. The van der Waals surface area contributed by atoms with Crippen LogP contribution >= 0.6 is 0 Å². The van der Waals surface area contributed by atoms with Gasteiger partial charge >= 0.3 is 13.1 Å². The van der Waals surface area contributed by atoms with Crippen LogP contribution in [0.3, 0.4) is 0 Å². The van der Waals surface area contributed by atoms with Gasteiger partial charge in [0, 0.05) is 12.8 Å². The van der Waals surface area contributed by atoms with Gasteiger partial charge in [-0.2, -0.15) is 0 Å². The monoisotopic (exact) mass is 309 g/mol. The Hall–Kier alpha value is -0.435. The minimum Gasteiger partial charge on any atom is -0.443 e. The Morgan fingerprint density at radius 1 is 1.05 bits per heavy atom. The van der Waals surface area contributed by atoms with Crippen molar-refractivity contribution < 1.29 is 35.3 Å². The van der Waals surface area contributed by atoms with Gasteiger partial charge in [-0.25, -0.2) is 13.2 Å². The fourth-order valence-electron chi connectivity index (χ4n) is 1.95. The molecule has 122 valence electrons. The minimum absolute atomic E-state index is 0.931. The van der Waals surface area contributed by atoms with Crippen LogP contribution in [0, 0.1) is 0 Å². The van der Waals surface area contributed by atoms with E-state index in [0.717, 1.165) is 19.8 Å². The predicted molar refractivity (Wildman–Crippen MR) is 66.0 cm³/mol. The first-order valence-corrected chi connectivity index (χ1v) is 6.77. The summed E-state index contributed by atoms with van der Waals surface area (Å²) in [5.41, 5.74) is 0. The number of alkyl halides is 3. The largest absolute Gasteiger partial charge is 0.583 e. The third kappa shape index (κ3) is 6.83. The van der Waals surface area contributed by atoms with E-state index in [1.54, 1.807) is 0 Å². The molecule has 0 amide bonds. The average Bonchev–Trinajstić information content (AvgIpc) is 2.77. The van der Waals surface area contributed by atoms with Gasteiger partial charge in [0.25, 0.3) is 0 Å². The summed E-state index contributed by atoms with van der Waals surface area (Å²) in [6.45, 7) is 3.59. The highest BCUT2D eigenvalue weighted by molar-refractivity contribution is 6.60. The van der Waals surface area contributed by atoms with Crippen molar-refractivity contribution in [1.29, 1.82) is 0 Å². The lowest BCUT2D eigenvalue weighted by Gasteiger charge is -2.32. The average molecular weight is 309 g/mol. The fraction of sp³-hybridized carbons (Fsp3) is 1.00. The Labute approximate surface area is 115 Å². The lowest BCUT2D eigenvalue weighted by atomic mass is 9.92. The smallest absolute Gasteiger partial charge is 0.443 e. The van der Waals surface area contributed by atoms with Gasteiger partial charge < -0.3 is 22.2 Å². The number of nitrogens with zero attached hydrogens (tertiary/aromatic N) is 1. The molecule has 0 atom stereocenters. The molecule has 0 unspecified atom stereocenters. The van der Waals surface area contributed by atoms with Crippen molar-refractivity contribution in [3.05, 3.63) is 0 Å². The Kier molecular flexibility index (Phi) is 7.94. The van der Waals surface area contributed by atoms with Crippen LogP contribution in [0.2, 0.25) is 0 Å². The summed E-state index contributed by atoms with van der Waals surface area (Å²) in [6.07, 6.45) is -2.07. The molecule has 1 aliphatic heterocycles. The molecule has 0 aromatic carbocycles. The molecule has 1 heterocycles. The number of likely N-dealkylation sites (tertiary alicyclic amines) is 1. The summed E-state index contributed by atoms with van der Waals surface area (Å²) in [5.74, 6) is 0. The lowest BCUT2D eigenvalue weighted by molar-refractivity contribution is -0.933. The van der Waals surface area contributed by atoms with E-state index >= 15 is 0 Å². The van der Waals surface area contributed by atoms with Crippen molar-refractivity contribution in [2.75, 3.05) is 33.0 Å². The zero-order chi connectivity index (χ0) is 15.9.